The topological polar surface area (TPSA) is 32.3 Å². The summed E-state index contributed by atoms with van der Waals surface area (Å²) in [7, 11) is 0. The molecule has 3 heteroatoms. The van der Waals surface area contributed by atoms with Gasteiger partial charge in [0.25, 0.3) is 0 Å². The summed E-state index contributed by atoms with van der Waals surface area (Å²) in [6.45, 7) is 4.70. The monoisotopic (exact) mass is 182 g/mol. The Morgan fingerprint density at radius 2 is 2.23 bits per heavy atom. The van der Waals surface area contributed by atoms with Gasteiger partial charge < -0.3 is 10.2 Å². The maximum absolute atomic E-state index is 11.0. The van der Waals surface area contributed by atoms with E-state index in [4.69, 9.17) is 0 Å². The van der Waals surface area contributed by atoms with E-state index in [1.165, 1.54) is 19.3 Å². The molecule has 0 bridgehead atoms. The van der Waals surface area contributed by atoms with Gasteiger partial charge in [0, 0.05) is 26.1 Å². The van der Waals surface area contributed by atoms with Crippen molar-refractivity contribution in [2.75, 3.05) is 19.6 Å². The largest absolute Gasteiger partial charge is 0.343 e. The lowest BCUT2D eigenvalue weighted by Gasteiger charge is -2.14. The molecule has 2 fully saturated rings. The van der Waals surface area contributed by atoms with Crippen LogP contribution < -0.4 is 5.32 Å². The predicted molar refractivity (Wildman–Crippen MR) is 51.4 cm³/mol. The summed E-state index contributed by atoms with van der Waals surface area (Å²) in [4.78, 5) is 13.0. The summed E-state index contributed by atoms with van der Waals surface area (Å²) in [6, 6.07) is 0.798. The van der Waals surface area contributed by atoms with Crippen LogP contribution in [0.25, 0.3) is 0 Å². The summed E-state index contributed by atoms with van der Waals surface area (Å²) >= 11 is 0. The van der Waals surface area contributed by atoms with E-state index in [2.05, 4.69) is 5.32 Å². The minimum atomic E-state index is 0.230. The van der Waals surface area contributed by atoms with Gasteiger partial charge in [0.2, 0.25) is 5.91 Å². The highest BCUT2D eigenvalue weighted by atomic mass is 16.2. The highest BCUT2D eigenvalue weighted by molar-refractivity contribution is 5.73. The second-order valence-electron chi connectivity index (χ2n) is 4.30. The molecule has 1 amide bonds. The second kappa shape index (κ2) is 3.66. The van der Waals surface area contributed by atoms with Crippen molar-refractivity contribution < 1.29 is 4.79 Å². The van der Waals surface area contributed by atoms with Crippen LogP contribution in [0.2, 0.25) is 0 Å². The van der Waals surface area contributed by atoms with Gasteiger partial charge in [-0.15, -0.1) is 0 Å². The van der Waals surface area contributed by atoms with Crippen molar-refractivity contribution in [1.82, 2.24) is 10.2 Å². The Morgan fingerprint density at radius 3 is 2.77 bits per heavy atom. The zero-order chi connectivity index (χ0) is 9.26. The minimum absolute atomic E-state index is 0.230. The van der Waals surface area contributed by atoms with Crippen LogP contribution >= 0.6 is 0 Å². The van der Waals surface area contributed by atoms with Crippen LogP contribution in [0.3, 0.4) is 0 Å². The predicted octanol–water partition coefficient (Wildman–Crippen LogP) is 0.607. The van der Waals surface area contributed by atoms with E-state index in [0.717, 1.165) is 25.7 Å². The fraction of sp³-hybridized carbons (Fsp3) is 0.900. The number of nitrogens with one attached hydrogen (secondary N) is 1. The molecule has 1 saturated carbocycles. The van der Waals surface area contributed by atoms with Crippen LogP contribution in [0.15, 0.2) is 0 Å². The Labute approximate surface area is 79.5 Å². The van der Waals surface area contributed by atoms with E-state index in [-0.39, 0.29) is 5.91 Å². The van der Waals surface area contributed by atoms with Gasteiger partial charge in [-0.2, -0.15) is 0 Å². The molecule has 0 aromatic carbocycles. The molecule has 0 spiro atoms. The molecular formula is C10H18N2O. The van der Waals surface area contributed by atoms with Crippen LogP contribution in [0.5, 0.6) is 0 Å². The van der Waals surface area contributed by atoms with Gasteiger partial charge in [0.05, 0.1) is 0 Å². The van der Waals surface area contributed by atoms with Gasteiger partial charge in [-0.05, 0) is 31.7 Å². The van der Waals surface area contributed by atoms with E-state index in [1.54, 1.807) is 6.92 Å². The Morgan fingerprint density at radius 1 is 1.46 bits per heavy atom. The molecule has 1 N–H and O–H groups in total. The highest BCUT2D eigenvalue weighted by Gasteiger charge is 2.26. The lowest BCUT2D eigenvalue weighted by atomic mass is 10.1. The molecule has 3 nitrogen and oxygen atoms in total. The van der Waals surface area contributed by atoms with Gasteiger partial charge in [-0.1, -0.05) is 0 Å². The lowest BCUT2D eigenvalue weighted by Crippen LogP contribution is -2.29. The fourth-order valence-electron chi connectivity index (χ4n) is 1.91. The van der Waals surface area contributed by atoms with Gasteiger partial charge in [-0.25, -0.2) is 0 Å². The van der Waals surface area contributed by atoms with Crippen molar-refractivity contribution in [3.63, 3.8) is 0 Å². The van der Waals surface area contributed by atoms with E-state index < -0.39 is 0 Å². The summed E-state index contributed by atoms with van der Waals surface area (Å²) in [6.07, 6.45) is 3.88. The molecule has 1 unspecified atom stereocenters. The smallest absolute Gasteiger partial charge is 0.219 e. The Balaban J connectivity index is 1.67. The number of rotatable bonds is 3. The van der Waals surface area contributed by atoms with E-state index in [1.807, 2.05) is 4.90 Å². The van der Waals surface area contributed by atoms with E-state index in [0.29, 0.717) is 5.92 Å². The second-order valence-corrected chi connectivity index (χ2v) is 4.30. The van der Waals surface area contributed by atoms with Gasteiger partial charge in [-0.3, -0.25) is 4.79 Å². The molecule has 1 aliphatic heterocycles. The first-order chi connectivity index (χ1) is 6.25. The van der Waals surface area contributed by atoms with Crippen LogP contribution in [-0.4, -0.2) is 36.5 Å². The zero-order valence-electron chi connectivity index (χ0n) is 8.25. The van der Waals surface area contributed by atoms with Crippen molar-refractivity contribution in [3.8, 4) is 0 Å². The average molecular weight is 182 g/mol. The summed E-state index contributed by atoms with van der Waals surface area (Å²) < 4.78 is 0. The first kappa shape index (κ1) is 9.00. The first-order valence-corrected chi connectivity index (χ1v) is 5.24. The molecule has 1 aliphatic carbocycles. The van der Waals surface area contributed by atoms with Crippen molar-refractivity contribution in [1.29, 1.82) is 0 Å². The Bertz CT molecular complexity index is 201. The molecule has 1 atom stereocenters. The Hall–Kier alpha value is -0.570. The number of likely N-dealkylation sites (tertiary alicyclic amines) is 1. The van der Waals surface area contributed by atoms with Crippen molar-refractivity contribution in [2.45, 2.75) is 32.2 Å². The molecule has 2 aliphatic rings. The van der Waals surface area contributed by atoms with Crippen molar-refractivity contribution in [2.24, 2.45) is 5.92 Å². The third-order valence-corrected chi connectivity index (χ3v) is 3.00. The van der Waals surface area contributed by atoms with Gasteiger partial charge in [0.15, 0.2) is 0 Å². The summed E-state index contributed by atoms with van der Waals surface area (Å²) in [5, 5.41) is 3.52. The number of carbonyl (C=O) groups is 1. The highest BCUT2D eigenvalue weighted by Crippen LogP contribution is 2.21. The van der Waals surface area contributed by atoms with Gasteiger partial charge >= 0.3 is 0 Å². The van der Waals surface area contributed by atoms with Crippen LogP contribution in [0, 0.1) is 5.92 Å². The number of nitrogens with zero attached hydrogens (tertiary/aromatic N) is 1. The molecule has 1 saturated heterocycles. The number of hydrogen-bond acceptors (Lipinski definition) is 2. The normalized spacial score (nSPS) is 28.1. The molecule has 0 radical (unpaired) electrons. The summed E-state index contributed by atoms with van der Waals surface area (Å²) in [5.41, 5.74) is 0. The molecule has 13 heavy (non-hydrogen) atoms. The lowest BCUT2D eigenvalue weighted by molar-refractivity contribution is -0.127. The van der Waals surface area contributed by atoms with Crippen LogP contribution in [0.4, 0.5) is 0 Å². The number of amides is 1. The minimum Gasteiger partial charge on any atom is -0.343 e. The first-order valence-electron chi connectivity index (χ1n) is 5.24. The maximum Gasteiger partial charge on any atom is 0.219 e. The third-order valence-electron chi connectivity index (χ3n) is 3.00. The van der Waals surface area contributed by atoms with Crippen molar-refractivity contribution >= 4 is 5.91 Å². The third kappa shape index (κ3) is 2.44. The van der Waals surface area contributed by atoms with Gasteiger partial charge in [0.1, 0.15) is 0 Å². The summed E-state index contributed by atoms with van der Waals surface area (Å²) in [5.74, 6) is 0.929. The Kier molecular flexibility index (Phi) is 2.54. The zero-order valence-corrected chi connectivity index (χ0v) is 8.25. The van der Waals surface area contributed by atoms with E-state index >= 15 is 0 Å². The SMILES string of the molecule is CC(=O)N1CCC(CNC2CC2)C1. The standard InChI is InChI=1S/C10H18N2O/c1-8(13)12-5-4-9(7-12)6-11-10-2-3-10/h9-11H,2-7H2,1H3. The molecule has 0 aromatic rings. The maximum atomic E-state index is 11.0. The van der Waals surface area contributed by atoms with Crippen LogP contribution in [0.1, 0.15) is 26.2 Å². The molecule has 0 aromatic heterocycles. The number of hydrogen-bond donors (Lipinski definition) is 1. The molecule has 74 valence electrons. The molecule has 1 heterocycles. The fourth-order valence-corrected chi connectivity index (χ4v) is 1.91. The van der Waals surface area contributed by atoms with Crippen molar-refractivity contribution in [3.05, 3.63) is 0 Å². The van der Waals surface area contributed by atoms with E-state index in [9.17, 15) is 4.79 Å². The average Bonchev–Trinajstić information content (AvgIpc) is 2.79. The molecule has 2 rings (SSSR count). The quantitative estimate of drug-likeness (QED) is 0.693. The van der Waals surface area contributed by atoms with Crippen LogP contribution in [-0.2, 0) is 4.79 Å². The number of carbonyl (C=O) groups excluding carboxylic acids is 1. The molecular weight excluding hydrogens is 164 g/mol.